The zero-order valence-electron chi connectivity index (χ0n) is 9.85. The fourth-order valence-corrected chi connectivity index (χ4v) is 3.06. The Bertz CT molecular complexity index is 445. The lowest BCUT2D eigenvalue weighted by atomic mass is 9.85. The first-order valence-electron chi connectivity index (χ1n) is 6.32. The molecule has 1 unspecified atom stereocenters. The number of allylic oxidation sites excluding steroid dienone is 5. The number of fused-ring (bicyclic) bond motifs is 2. The Labute approximate surface area is 101 Å². The van der Waals surface area contributed by atoms with Crippen molar-refractivity contribution in [3.63, 3.8) is 0 Å². The van der Waals surface area contributed by atoms with Crippen LogP contribution in [0.5, 0.6) is 0 Å². The van der Waals surface area contributed by atoms with Gasteiger partial charge in [0.1, 0.15) is 0 Å². The van der Waals surface area contributed by atoms with E-state index in [1.54, 1.807) is 0 Å². The fourth-order valence-electron chi connectivity index (χ4n) is 3.06. The van der Waals surface area contributed by atoms with Gasteiger partial charge in [-0.2, -0.15) is 0 Å². The SMILES string of the molecule is O=C(O)C1CCC2=C3C=CCC=C3CCN2C1. The number of carboxylic acid groups (broad SMARTS) is 1. The van der Waals surface area contributed by atoms with Gasteiger partial charge in [0.2, 0.25) is 0 Å². The first-order valence-corrected chi connectivity index (χ1v) is 6.32. The van der Waals surface area contributed by atoms with Crippen LogP contribution in [0, 0.1) is 5.92 Å². The Morgan fingerprint density at radius 3 is 3.12 bits per heavy atom. The third-order valence-electron chi connectivity index (χ3n) is 3.99. The van der Waals surface area contributed by atoms with E-state index in [1.807, 2.05) is 0 Å². The second-order valence-electron chi connectivity index (χ2n) is 5.00. The maximum Gasteiger partial charge on any atom is 0.308 e. The molecule has 0 aromatic carbocycles. The molecule has 0 aromatic rings. The first-order chi connectivity index (χ1) is 8.25. The van der Waals surface area contributed by atoms with Crippen LogP contribution in [0.25, 0.3) is 0 Å². The summed E-state index contributed by atoms with van der Waals surface area (Å²) in [6, 6.07) is 0. The van der Waals surface area contributed by atoms with Gasteiger partial charge in [-0.05, 0) is 36.8 Å². The van der Waals surface area contributed by atoms with E-state index in [2.05, 4.69) is 23.1 Å². The molecule has 1 aliphatic carbocycles. The minimum atomic E-state index is -0.644. The van der Waals surface area contributed by atoms with Gasteiger partial charge in [-0.1, -0.05) is 18.2 Å². The summed E-state index contributed by atoms with van der Waals surface area (Å²) in [7, 11) is 0. The number of nitrogens with zero attached hydrogens (tertiary/aromatic N) is 1. The van der Waals surface area contributed by atoms with Gasteiger partial charge in [0, 0.05) is 18.8 Å². The Morgan fingerprint density at radius 2 is 2.29 bits per heavy atom. The number of hydrogen-bond donors (Lipinski definition) is 1. The van der Waals surface area contributed by atoms with Crippen LogP contribution in [0.2, 0.25) is 0 Å². The lowest BCUT2D eigenvalue weighted by molar-refractivity contribution is -0.143. The van der Waals surface area contributed by atoms with Crippen molar-refractivity contribution in [3.05, 3.63) is 35.1 Å². The average molecular weight is 231 g/mol. The number of rotatable bonds is 1. The first kappa shape index (κ1) is 10.6. The Balaban J connectivity index is 1.90. The summed E-state index contributed by atoms with van der Waals surface area (Å²) in [6.45, 7) is 1.68. The molecule has 3 aliphatic rings. The molecule has 2 aliphatic heterocycles. The lowest BCUT2D eigenvalue weighted by Gasteiger charge is -2.40. The zero-order chi connectivity index (χ0) is 11.8. The van der Waals surface area contributed by atoms with Gasteiger partial charge >= 0.3 is 5.97 Å². The lowest BCUT2D eigenvalue weighted by Crippen LogP contribution is -2.40. The van der Waals surface area contributed by atoms with Crippen LogP contribution < -0.4 is 0 Å². The van der Waals surface area contributed by atoms with Gasteiger partial charge in [0.25, 0.3) is 0 Å². The molecule has 1 fully saturated rings. The van der Waals surface area contributed by atoms with Crippen LogP contribution in [0.3, 0.4) is 0 Å². The van der Waals surface area contributed by atoms with Gasteiger partial charge in [0.15, 0.2) is 0 Å². The van der Waals surface area contributed by atoms with E-state index < -0.39 is 5.97 Å². The van der Waals surface area contributed by atoms with Crippen molar-refractivity contribution < 1.29 is 9.90 Å². The van der Waals surface area contributed by atoms with Crippen LogP contribution in [-0.2, 0) is 4.79 Å². The molecule has 3 heteroatoms. The third kappa shape index (κ3) is 1.79. The molecule has 1 N–H and O–H groups in total. The zero-order valence-corrected chi connectivity index (χ0v) is 9.85. The van der Waals surface area contributed by atoms with Crippen LogP contribution in [0.15, 0.2) is 35.1 Å². The molecule has 0 saturated carbocycles. The number of piperidine rings is 1. The molecule has 0 radical (unpaired) electrons. The fraction of sp³-hybridized carbons (Fsp3) is 0.500. The van der Waals surface area contributed by atoms with Crippen LogP contribution in [-0.4, -0.2) is 29.1 Å². The highest BCUT2D eigenvalue weighted by molar-refractivity contribution is 5.70. The maximum absolute atomic E-state index is 11.0. The second-order valence-corrected chi connectivity index (χ2v) is 5.00. The largest absolute Gasteiger partial charge is 0.481 e. The molecule has 1 atom stereocenters. The van der Waals surface area contributed by atoms with E-state index in [-0.39, 0.29) is 5.92 Å². The molecule has 0 spiro atoms. The van der Waals surface area contributed by atoms with Gasteiger partial charge in [-0.25, -0.2) is 0 Å². The van der Waals surface area contributed by atoms with Crippen molar-refractivity contribution in [2.45, 2.75) is 25.7 Å². The third-order valence-corrected chi connectivity index (χ3v) is 3.99. The smallest absolute Gasteiger partial charge is 0.308 e. The number of carboxylic acids is 1. The summed E-state index contributed by atoms with van der Waals surface area (Å²) < 4.78 is 0. The summed E-state index contributed by atoms with van der Waals surface area (Å²) in [6.07, 6.45) is 10.5. The predicted molar refractivity (Wildman–Crippen MR) is 65.4 cm³/mol. The summed E-state index contributed by atoms with van der Waals surface area (Å²) in [5.74, 6) is -0.827. The van der Waals surface area contributed by atoms with Crippen LogP contribution in [0.4, 0.5) is 0 Å². The minimum absolute atomic E-state index is 0.183. The van der Waals surface area contributed by atoms with E-state index in [0.29, 0.717) is 6.54 Å². The Morgan fingerprint density at radius 1 is 1.41 bits per heavy atom. The van der Waals surface area contributed by atoms with Crippen molar-refractivity contribution in [2.75, 3.05) is 13.1 Å². The van der Waals surface area contributed by atoms with Gasteiger partial charge in [-0.15, -0.1) is 0 Å². The molecule has 0 aromatic heterocycles. The monoisotopic (exact) mass is 231 g/mol. The average Bonchev–Trinajstić information content (AvgIpc) is 2.38. The highest BCUT2D eigenvalue weighted by Crippen LogP contribution is 2.37. The Kier molecular flexibility index (Phi) is 2.54. The highest BCUT2D eigenvalue weighted by atomic mass is 16.4. The highest BCUT2D eigenvalue weighted by Gasteiger charge is 2.32. The summed E-state index contributed by atoms with van der Waals surface area (Å²) in [4.78, 5) is 13.3. The molecule has 1 saturated heterocycles. The number of hydrogen-bond acceptors (Lipinski definition) is 2. The van der Waals surface area contributed by atoms with E-state index in [0.717, 1.165) is 32.2 Å². The normalized spacial score (nSPS) is 27.4. The standard InChI is InChI=1S/C14H17NO2/c16-14(17)11-5-6-13-12-4-2-1-3-10(12)7-8-15(13)9-11/h2-4,11H,1,5-9H2,(H,16,17). The van der Waals surface area contributed by atoms with Crippen molar-refractivity contribution in [1.82, 2.24) is 4.90 Å². The Hall–Kier alpha value is -1.51. The molecule has 0 amide bonds. The molecule has 0 bridgehead atoms. The topological polar surface area (TPSA) is 40.5 Å². The van der Waals surface area contributed by atoms with E-state index in [1.165, 1.54) is 16.8 Å². The molecule has 3 rings (SSSR count). The maximum atomic E-state index is 11.0. The quantitative estimate of drug-likeness (QED) is 0.753. The van der Waals surface area contributed by atoms with Gasteiger partial charge in [-0.3, -0.25) is 4.79 Å². The van der Waals surface area contributed by atoms with Crippen molar-refractivity contribution in [1.29, 1.82) is 0 Å². The van der Waals surface area contributed by atoms with Crippen molar-refractivity contribution in [2.24, 2.45) is 5.92 Å². The molecular weight excluding hydrogens is 214 g/mol. The van der Waals surface area contributed by atoms with Gasteiger partial charge in [0.05, 0.1) is 5.92 Å². The second kappa shape index (κ2) is 4.06. The molecule has 3 nitrogen and oxygen atoms in total. The minimum Gasteiger partial charge on any atom is -0.481 e. The predicted octanol–water partition coefficient (Wildman–Crippen LogP) is 2.33. The van der Waals surface area contributed by atoms with Gasteiger partial charge < -0.3 is 10.0 Å². The molecular formula is C14H17NO2. The van der Waals surface area contributed by atoms with E-state index in [4.69, 9.17) is 5.11 Å². The summed E-state index contributed by atoms with van der Waals surface area (Å²) in [5.41, 5.74) is 4.20. The summed E-state index contributed by atoms with van der Waals surface area (Å²) >= 11 is 0. The summed E-state index contributed by atoms with van der Waals surface area (Å²) in [5, 5.41) is 9.09. The number of aliphatic carboxylic acids is 1. The van der Waals surface area contributed by atoms with Crippen molar-refractivity contribution >= 4 is 5.97 Å². The van der Waals surface area contributed by atoms with E-state index in [9.17, 15) is 4.79 Å². The van der Waals surface area contributed by atoms with Crippen LogP contribution in [0.1, 0.15) is 25.7 Å². The van der Waals surface area contributed by atoms with Crippen LogP contribution >= 0.6 is 0 Å². The van der Waals surface area contributed by atoms with E-state index >= 15 is 0 Å². The number of carbonyl (C=O) groups is 1. The molecule has 2 heterocycles. The van der Waals surface area contributed by atoms with Crippen molar-refractivity contribution in [3.8, 4) is 0 Å². The molecule has 17 heavy (non-hydrogen) atoms. The molecule has 90 valence electrons.